The van der Waals surface area contributed by atoms with Gasteiger partial charge < -0.3 is 14.8 Å². The number of aryl methyl sites for hydroxylation is 2. The van der Waals surface area contributed by atoms with Crippen molar-refractivity contribution in [2.75, 3.05) is 19.5 Å². The number of nitrogens with one attached hydrogen (secondary N) is 1. The summed E-state index contributed by atoms with van der Waals surface area (Å²) in [4.78, 5) is 27.5. The molecule has 0 atom stereocenters. The highest BCUT2D eigenvalue weighted by molar-refractivity contribution is 7.14. The number of benzene rings is 2. The minimum absolute atomic E-state index is 0.0401. The number of rotatable bonds is 8. The molecule has 156 valence electrons. The minimum atomic E-state index is -0.416. The molecule has 0 spiro atoms. The number of ether oxygens (including phenoxy) is 2. The maximum Gasteiger partial charge on any atom is 0.272 e. The van der Waals surface area contributed by atoms with Gasteiger partial charge in [0.2, 0.25) is 5.91 Å². The zero-order valence-electron chi connectivity index (χ0n) is 16.8. The molecule has 0 saturated carbocycles. The van der Waals surface area contributed by atoms with Gasteiger partial charge in [-0.1, -0.05) is 12.1 Å². The molecule has 9 heteroatoms. The molecule has 0 aliphatic heterocycles. The second kappa shape index (κ2) is 9.36. The Hall–Kier alpha value is -3.46. The lowest BCUT2D eigenvalue weighted by Crippen LogP contribution is -2.12. The van der Waals surface area contributed by atoms with Crippen LogP contribution in [0.2, 0.25) is 0 Å². The van der Waals surface area contributed by atoms with Gasteiger partial charge in [0, 0.05) is 29.0 Å². The third-order valence-electron chi connectivity index (χ3n) is 4.56. The number of thiazole rings is 1. The summed E-state index contributed by atoms with van der Waals surface area (Å²) >= 11 is 1.27. The van der Waals surface area contributed by atoms with Crippen molar-refractivity contribution in [3.05, 3.63) is 63.0 Å². The van der Waals surface area contributed by atoms with E-state index >= 15 is 0 Å². The molecule has 1 heterocycles. The highest BCUT2D eigenvalue weighted by Gasteiger charge is 2.15. The van der Waals surface area contributed by atoms with Crippen LogP contribution in [0.5, 0.6) is 11.5 Å². The van der Waals surface area contributed by atoms with Crippen LogP contribution < -0.4 is 14.8 Å². The minimum Gasteiger partial charge on any atom is -0.497 e. The van der Waals surface area contributed by atoms with Crippen LogP contribution in [0.1, 0.15) is 17.5 Å². The second-order valence-corrected chi connectivity index (χ2v) is 7.38. The van der Waals surface area contributed by atoms with E-state index in [1.54, 1.807) is 50.8 Å². The summed E-state index contributed by atoms with van der Waals surface area (Å²) in [5, 5.41) is 16.1. The number of carbonyl (C=O) groups is 1. The molecular weight excluding hydrogens is 406 g/mol. The maximum absolute atomic E-state index is 12.4. The third-order valence-corrected chi connectivity index (χ3v) is 5.32. The first-order valence-corrected chi connectivity index (χ1v) is 10.0. The van der Waals surface area contributed by atoms with Crippen molar-refractivity contribution in [3.8, 4) is 22.8 Å². The Balaban J connectivity index is 1.66. The van der Waals surface area contributed by atoms with E-state index in [0.29, 0.717) is 39.9 Å². The standard InChI is InChI=1S/C21H21N3O5S/c1-13-4-5-14(11-18(13)24(26)27)17-12-30-21(22-17)23-20(25)9-6-15-10-16(28-2)7-8-19(15)29-3/h4-5,7-8,10-12H,6,9H2,1-3H3,(H,22,23,25). The number of nitrogens with zero attached hydrogens (tertiary/aromatic N) is 2. The average Bonchev–Trinajstić information content (AvgIpc) is 3.20. The van der Waals surface area contributed by atoms with Crippen LogP contribution in [0.25, 0.3) is 11.3 Å². The molecule has 1 amide bonds. The lowest BCUT2D eigenvalue weighted by molar-refractivity contribution is -0.385. The summed E-state index contributed by atoms with van der Waals surface area (Å²) < 4.78 is 10.6. The first-order valence-electron chi connectivity index (χ1n) is 9.13. The molecule has 1 aromatic heterocycles. The molecule has 0 radical (unpaired) electrons. The van der Waals surface area contributed by atoms with Crippen molar-refractivity contribution >= 4 is 28.1 Å². The van der Waals surface area contributed by atoms with Crippen molar-refractivity contribution in [3.63, 3.8) is 0 Å². The van der Waals surface area contributed by atoms with Crippen LogP contribution in [0.4, 0.5) is 10.8 Å². The van der Waals surface area contributed by atoms with E-state index < -0.39 is 4.92 Å². The summed E-state index contributed by atoms with van der Waals surface area (Å²) in [5.41, 5.74) is 2.70. The monoisotopic (exact) mass is 427 g/mol. The van der Waals surface area contributed by atoms with Gasteiger partial charge in [-0.2, -0.15) is 0 Å². The fourth-order valence-corrected chi connectivity index (χ4v) is 3.67. The van der Waals surface area contributed by atoms with E-state index in [0.717, 1.165) is 5.56 Å². The van der Waals surface area contributed by atoms with Gasteiger partial charge in [-0.3, -0.25) is 14.9 Å². The van der Waals surface area contributed by atoms with E-state index in [1.807, 2.05) is 6.07 Å². The summed E-state index contributed by atoms with van der Waals surface area (Å²) in [6.07, 6.45) is 0.725. The Labute approximate surface area is 177 Å². The molecule has 8 nitrogen and oxygen atoms in total. The topological polar surface area (TPSA) is 104 Å². The largest absolute Gasteiger partial charge is 0.497 e. The number of aromatic nitrogens is 1. The number of nitro groups is 1. The van der Waals surface area contributed by atoms with Crippen molar-refractivity contribution in [2.24, 2.45) is 0 Å². The Morgan fingerprint density at radius 2 is 2.00 bits per heavy atom. The van der Waals surface area contributed by atoms with Crippen molar-refractivity contribution < 1.29 is 19.2 Å². The molecule has 3 aromatic rings. The molecule has 30 heavy (non-hydrogen) atoms. The summed E-state index contributed by atoms with van der Waals surface area (Å²) in [6, 6.07) is 10.4. The fourth-order valence-electron chi connectivity index (χ4n) is 2.94. The van der Waals surface area contributed by atoms with Crippen LogP contribution in [-0.4, -0.2) is 30.0 Å². The average molecular weight is 427 g/mol. The highest BCUT2D eigenvalue weighted by atomic mass is 32.1. The number of hydrogen-bond donors (Lipinski definition) is 1. The fraction of sp³-hybridized carbons (Fsp3) is 0.238. The van der Waals surface area contributed by atoms with E-state index in [-0.39, 0.29) is 18.0 Å². The van der Waals surface area contributed by atoms with Crippen LogP contribution >= 0.6 is 11.3 Å². The molecule has 0 bridgehead atoms. The molecule has 0 saturated heterocycles. The molecule has 0 fully saturated rings. The number of carbonyl (C=O) groups excluding carboxylic acids is 1. The lowest BCUT2D eigenvalue weighted by atomic mass is 10.1. The number of nitro benzene ring substituents is 1. The molecule has 0 aliphatic carbocycles. The van der Waals surface area contributed by atoms with Crippen molar-refractivity contribution in [1.29, 1.82) is 0 Å². The number of amides is 1. The maximum atomic E-state index is 12.4. The molecule has 0 unspecified atom stereocenters. The van der Waals surface area contributed by atoms with Crippen LogP contribution in [-0.2, 0) is 11.2 Å². The normalized spacial score (nSPS) is 10.5. The molecular formula is C21H21N3O5S. The predicted octanol–water partition coefficient (Wildman–Crippen LogP) is 4.62. The van der Waals surface area contributed by atoms with Gasteiger partial charge >= 0.3 is 0 Å². The molecule has 2 aromatic carbocycles. The van der Waals surface area contributed by atoms with Crippen molar-refractivity contribution in [1.82, 2.24) is 4.98 Å². The number of methoxy groups -OCH3 is 2. The van der Waals surface area contributed by atoms with E-state index in [4.69, 9.17) is 9.47 Å². The van der Waals surface area contributed by atoms with Crippen LogP contribution in [0.15, 0.2) is 41.8 Å². The van der Waals surface area contributed by atoms with Crippen molar-refractivity contribution in [2.45, 2.75) is 19.8 Å². The van der Waals surface area contributed by atoms with Gasteiger partial charge in [0.25, 0.3) is 5.69 Å². The Morgan fingerprint density at radius 3 is 2.70 bits per heavy atom. The SMILES string of the molecule is COc1ccc(OC)c(CCC(=O)Nc2nc(-c3ccc(C)c([N+](=O)[O-])c3)cs2)c1. The van der Waals surface area contributed by atoms with E-state index in [9.17, 15) is 14.9 Å². The highest BCUT2D eigenvalue weighted by Crippen LogP contribution is 2.30. The Kier molecular flexibility index (Phi) is 6.63. The van der Waals surface area contributed by atoms with Gasteiger partial charge in [-0.25, -0.2) is 4.98 Å². The Morgan fingerprint density at radius 1 is 1.20 bits per heavy atom. The van der Waals surface area contributed by atoms with E-state index in [1.165, 1.54) is 17.4 Å². The van der Waals surface area contributed by atoms with Gasteiger partial charge in [-0.05, 0) is 37.1 Å². The number of anilines is 1. The molecule has 3 rings (SSSR count). The zero-order valence-corrected chi connectivity index (χ0v) is 17.6. The predicted molar refractivity (Wildman–Crippen MR) is 115 cm³/mol. The first kappa shape index (κ1) is 21.3. The number of hydrogen-bond acceptors (Lipinski definition) is 7. The smallest absolute Gasteiger partial charge is 0.272 e. The van der Waals surface area contributed by atoms with E-state index in [2.05, 4.69) is 10.3 Å². The zero-order chi connectivity index (χ0) is 21.7. The van der Waals surface area contributed by atoms with Gasteiger partial charge in [0.05, 0.1) is 24.8 Å². The quantitative estimate of drug-likeness (QED) is 0.416. The van der Waals surface area contributed by atoms with Crippen LogP contribution in [0, 0.1) is 17.0 Å². The van der Waals surface area contributed by atoms with Crippen LogP contribution in [0.3, 0.4) is 0 Å². The summed E-state index contributed by atoms with van der Waals surface area (Å²) in [7, 11) is 3.17. The van der Waals surface area contributed by atoms with Gasteiger partial charge in [0.15, 0.2) is 5.13 Å². The molecule has 0 aliphatic rings. The Bertz CT molecular complexity index is 1080. The van der Waals surface area contributed by atoms with Gasteiger partial charge in [-0.15, -0.1) is 11.3 Å². The third kappa shape index (κ3) is 4.93. The second-order valence-electron chi connectivity index (χ2n) is 6.52. The first-order chi connectivity index (χ1) is 14.4. The summed E-state index contributed by atoms with van der Waals surface area (Å²) in [6.45, 7) is 1.69. The van der Waals surface area contributed by atoms with Gasteiger partial charge in [0.1, 0.15) is 11.5 Å². The lowest BCUT2D eigenvalue weighted by Gasteiger charge is -2.10. The molecule has 1 N–H and O–H groups in total. The summed E-state index contributed by atoms with van der Waals surface area (Å²) in [5.74, 6) is 1.21.